The Labute approximate surface area is 81.9 Å². The third-order valence-electron chi connectivity index (χ3n) is 1.63. The number of nitrogens with two attached hydrogens (primary N) is 1. The molecule has 0 aliphatic rings. The van der Waals surface area contributed by atoms with Crippen molar-refractivity contribution < 1.29 is 4.79 Å². The average molecular weight is 199 g/mol. The molecular formula is C9H11ClN2O. The molecule has 70 valence electrons. The van der Waals surface area contributed by atoms with E-state index in [0.717, 1.165) is 18.5 Å². The van der Waals surface area contributed by atoms with E-state index in [0.29, 0.717) is 11.4 Å². The normalized spacial score (nSPS) is 9.92. The van der Waals surface area contributed by atoms with Gasteiger partial charge in [0.1, 0.15) is 0 Å². The van der Waals surface area contributed by atoms with Crippen molar-refractivity contribution in [2.75, 3.05) is 0 Å². The monoisotopic (exact) mass is 198 g/mol. The SMILES string of the molecule is NC(=O)CCCc1cc(Cl)ccn1. The zero-order valence-electron chi connectivity index (χ0n) is 7.16. The van der Waals surface area contributed by atoms with Crippen LogP contribution in [-0.4, -0.2) is 10.9 Å². The van der Waals surface area contributed by atoms with Crippen LogP contribution in [0.25, 0.3) is 0 Å². The first-order valence-electron chi connectivity index (χ1n) is 4.07. The molecule has 3 nitrogen and oxygen atoms in total. The highest BCUT2D eigenvalue weighted by molar-refractivity contribution is 6.30. The van der Waals surface area contributed by atoms with Crippen molar-refractivity contribution in [3.63, 3.8) is 0 Å². The zero-order chi connectivity index (χ0) is 9.68. The summed E-state index contributed by atoms with van der Waals surface area (Å²) >= 11 is 5.75. The van der Waals surface area contributed by atoms with Crippen LogP contribution in [0.1, 0.15) is 18.5 Å². The van der Waals surface area contributed by atoms with Gasteiger partial charge < -0.3 is 5.73 Å². The molecule has 1 aromatic heterocycles. The summed E-state index contributed by atoms with van der Waals surface area (Å²) in [5.74, 6) is -0.276. The first kappa shape index (κ1) is 9.99. The van der Waals surface area contributed by atoms with E-state index in [4.69, 9.17) is 17.3 Å². The largest absolute Gasteiger partial charge is 0.370 e. The third-order valence-corrected chi connectivity index (χ3v) is 1.87. The Kier molecular flexibility index (Phi) is 3.71. The Bertz CT molecular complexity index is 301. The smallest absolute Gasteiger partial charge is 0.217 e. The number of aromatic nitrogens is 1. The summed E-state index contributed by atoms with van der Waals surface area (Å²) in [6.07, 6.45) is 3.52. The summed E-state index contributed by atoms with van der Waals surface area (Å²) < 4.78 is 0. The quantitative estimate of drug-likeness (QED) is 0.798. The van der Waals surface area contributed by atoms with Gasteiger partial charge in [-0.25, -0.2) is 0 Å². The van der Waals surface area contributed by atoms with Crippen LogP contribution < -0.4 is 5.73 Å². The molecule has 1 aromatic rings. The molecule has 1 heterocycles. The summed E-state index contributed by atoms with van der Waals surface area (Å²) in [5.41, 5.74) is 5.90. The number of pyridine rings is 1. The first-order valence-corrected chi connectivity index (χ1v) is 4.45. The average Bonchev–Trinajstić information content (AvgIpc) is 2.03. The number of rotatable bonds is 4. The fourth-order valence-electron chi connectivity index (χ4n) is 1.03. The van der Waals surface area contributed by atoms with Gasteiger partial charge >= 0.3 is 0 Å². The molecule has 0 aliphatic heterocycles. The molecule has 0 spiro atoms. The number of amides is 1. The Balaban J connectivity index is 2.41. The van der Waals surface area contributed by atoms with Crippen molar-refractivity contribution in [2.45, 2.75) is 19.3 Å². The number of carbonyl (C=O) groups is 1. The Morgan fingerprint density at radius 3 is 3.00 bits per heavy atom. The minimum absolute atomic E-state index is 0.276. The summed E-state index contributed by atoms with van der Waals surface area (Å²) in [6, 6.07) is 3.52. The Morgan fingerprint density at radius 2 is 2.38 bits per heavy atom. The van der Waals surface area contributed by atoms with Gasteiger partial charge in [-0.3, -0.25) is 9.78 Å². The molecular weight excluding hydrogens is 188 g/mol. The van der Waals surface area contributed by atoms with Gasteiger partial charge in [0.05, 0.1) is 0 Å². The highest BCUT2D eigenvalue weighted by Gasteiger charge is 1.98. The maximum Gasteiger partial charge on any atom is 0.217 e. The van der Waals surface area contributed by atoms with E-state index in [1.165, 1.54) is 0 Å². The predicted molar refractivity (Wildman–Crippen MR) is 51.4 cm³/mol. The Hall–Kier alpha value is -1.09. The third kappa shape index (κ3) is 3.90. The molecule has 13 heavy (non-hydrogen) atoms. The van der Waals surface area contributed by atoms with E-state index in [-0.39, 0.29) is 5.91 Å². The molecule has 4 heteroatoms. The zero-order valence-corrected chi connectivity index (χ0v) is 7.92. The van der Waals surface area contributed by atoms with E-state index in [9.17, 15) is 4.79 Å². The number of nitrogens with zero attached hydrogens (tertiary/aromatic N) is 1. The highest BCUT2D eigenvalue weighted by Crippen LogP contribution is 2.09. The van der Waals surface area contributed by atoms with Crippen LogP contribution in [0, 0.1) is 0 Å². The van der Waals surface area contributed by atoms with E-state index >= 15 is 0 Å². The topological polar surface area (TPSA) is 56.0 Å². The van der Waals surface area contributed by atoms with Crippen LogP contribution in [0.4, 0.5) is 0 Å². The fraction of sp³-hybridized carbons (Fsp3) is 0.333. The van der Waals surface area contributed by atoms with E-state index in [1.807, 2.05) is 0 Å². The lowest BCUT2D eigenvalue weighted by atomic mass is 10.2. The molecule has 0 atom stereocenters. The van der Waals surface area contributed by atoms with Crippen molar-refractivity contribution in [1.82, 2.24) is 4.98 Å². The number of halogens is 1. The molecule has 0 bridgehead atoms. The standard InChI is InChI=1S/C9H11ClN2O/c10-7-4-5-12-8(6-7)2-1-3-9(11)13/h4-6H,1-3H2,(H2,11,13). The van der Waals surface area contributed by atoms with E-state index < -0.39 is 0 Å². The van der Waals surface area contributed by atoms with Gasteiger partial charge in [-0.05, 0) is 25.0 Å². The lowest BCUT2D eigenvalue weighted by molar-refractivity contribution is -0.118. The van der Waals surface area contributed by atoms with E-state index in [1.54, 1.807) is 18.3 Å². The summed E-state index contributed by atoms with van der Waals surface area (Å²) in [5, 5.41) is 0.670. The minimum atomic E-state index is -0.276. The van der Waals surface area contributed by atoms with Crippen LogP contribution in [0.2, 0.25) is 5.02 Å². The van der Waals surface area contributed by atoms with Crippen LogP contribution >= 0.6 is 11.6 Å². The van der Waals surface area contributed by atoms with Crippen LogP contribution in [-0.2, 0) is 11.2 Å². The van der Waals surface area contributed by atoms with Gasteiger partial charge in [0, 0.05) is 23.3 Å². The number of carbonyl (C=O) groups excluding carboxylic acids is 1. The molecule has 0 aliphatic carbocycles. The molecule has 1 rings (SSSR count). The van der Waals surface area contributed by atoms with Crippen LogP contribution in [0.3, 0.4) is 0 Å². The maximum atomic E-state index is 10.4. The number of primary amides is 1. The number of hydrogen-bond donors (Lipinski definition) is 1. The predicted octanol–water partition coefficient (Wildman–Crippen LogP) is 1.54. The second-order valence-corrected chi connectivity index (χ2v) is 3.22. The van der Waals surface area contributed by atoms with Gasteiger partial charge in [-0.1, -0.05) is 11.6 Å². The lowest BCUT2D eigenvalue weighted by Gasteiger charge is -1.98. The molecule has 0 saturated heterocycles. The second-order valence-electron chi connectivity index (χ2n) is 2.79. The van der Waals surface area contributed by atoms with Crippen molar-refractivity contribution in [3.8, 4) is 0 Å². The van der Waals surface area contributed by atoms with Gasteiger partial charge in [0.25, 0.3) is 0 Å². The van der Waals surface area contributed by atoms with Crippen molar-refractivity contribution >= 4 is 17.5 Å². The van der Waals surface area contributed by atoms with Gasteiger partial charge in [-0.15, -0.1) is 0 Å². The minimum Gasteiger partial charge on any atom is -0.370 e. The molecule has 1 amide bonds. The molecule has 0 aromatic carbocycles. The Morgan fingerprint density at radius 1 is 1.62 bits per heavy atom. The summed E-state index contributed by atoms with van der Waals surface area (Å²) in [4.78, 5) is 14.5. The molecule has 0 fully saturated rings. The summed E-state index contributed by atoms with van der Waals surface area (Å²) in [7, 11) is 0. The number of hydrogen-bond acceptors (Lipinski definition) is 2. The van der Waals surface area contributed by atoms with Crippen molar-refractivity contribution in [3.05, 3.63) is 29.0 Å². The van der Waals surface area contributed by atoms with Crippen molar-refractivity contribution in [1.29, 1.82) is 0 Å². The molecule has 0 unspecified atom stereocenters. The second kappa shape index (κ2) is 4.82. The van der Waals surface area contributed by atoms with Crippen LogP contribution in [0.5, 0.6) is 0 Å². The summed E-state index contributed by atoms with van der Waals surface area (Å²) in [6.45, 7) is 0. The maximum absolute atomic E-state index is 10.4. The van der Waals surface area contributed by atoms with Gasteiger partial charge in [0.2, 0.25) is 5.91 Å². The van der Waals surface area contributed by atoms with Crippen LogP contribution in [0.15, 0.2) is 18.3 Å². The van der Waals surface area contributed by atoms with Crippen molar-refractivity contribution in [2.24, 2.45) is 5.73 Å². The molecule has 0 saturated carbocycles. The molecule has 0 radical (unpaired) electrons. The first-order chi connectivity index (χ1) is 6.18. The van der Waals surface area contributed by atoms with E-state index in [2.05, 4.69) is 4.98 Å². The lowest BCUT2D eigenvalue weighted by Crippen LogP contribution is -2.10. The number of aryl methyl sites for hydroxylation is 1. The van der Waals surface area contributed by atoms with Gasteiger partial charge in [0.15, 0.2) is 0 Å². The highest BCUT2D eigenvalue weighted by atomic mass is 35.5. The molecule has 2 N–H and O–H groups in total. The fourth-order valence-corrected chi connectivity index (χ4v) is 1.21. The van der Waals surface area contributed by atoms with Gasteiger partial charge in [-0.2, -0.15) is 0 Å².